The first-order valence-electron chi connectivity index (χ1n) is 11.7. The fraction of sp³-hybridized carbons (Fsp3) is 0.458. The molecule has 2 aliphatic rings. The molecule has 2 aliphatic heterocycles. The number of rotatable bonds is 9. The van der Waals surface area contributed by atoms with Crippen molar-refractivity contribution in [1.82, 2.24) is 19.7 Å². The second kappa shape index (κ2) is 10.4. The molecule has 3 aromatic rings. The zero-order valence-corrected chi connectivity index (χ0v) is 20.1. The van der Waals surface area contributed by atoms with E-state index in [1.807, 2.05) is 42.2 Å². The van der Waals surface area contributed by atoms with E-state index in [-0.39, 0.29) is 18.5 Å². The van der Waals surface area contributed by atoms with Gasteiger partial charge in [0.15, 0.2) is 16.7 Å². The molecule has 0 radical (unpaired) electrons. The molecule has 1 aromatic carbocycles. The first-order chi connectivity index (χ1) is 16.7. The quantitative estimate of drug-likeness (QED) is 0.425. The Hall–Kier alpha value is -3.14. The summed E-state index contributed by atoms with van der Waals surface area (Å²) in [5.41, 5.74) is 1.01. The maximum atomic E-state index is 13.1. The second-order valence-electron chi connectivity index (χ2n) is 8.38. The van der Waals surface area contributed by atoms with Gasteiger partial charge in [0, 0.05) is 26.2 Å². The fourth-order valence-electron chi connectivity index (χ4n) is 4.27. The Kier molecular flexibility index (Phi) is 6.94. The van der Waals surface area contributed by atoms with Crippen molar-refractivity contribution >= 4 is 23.6 Å². The van der Waals surface area contributed by atoms with E-state index >= 15 is 0 Å². The Bertz CT molecular complexity index is 1110. The van der Waals surface area contributed by atoms with Crippen molar-refractivity contribution in [1.29, 1.82) is 0 Å². The lowest BCUT2D eigenvalue weighted by Gasteiger charge is -2.27. The minimum absolute atomic E-state index is 0.0530. The van der Waals surface area contributed by atoms with Gasteiger partial charge in [-0.05, 0) is 56.0 Å². The number of amides is 1. The van der Waals surface area contributed by atoms with Crippen LogP contribution in [-0.4, -0.2) is 57.8 Å². The highest BCUT2D eigenvalue weighted by Crippen LogP contribution is 2.33. The molecule has 9 nitrogen and oxygen atoms in total. The van der Waals surface area contributed by atoms with Crippen LogP contribution in [0.2, 0.25) is 0 Å². The zero-order chi connectivity index (χ0) is 23.3. The van der Waals surface area contributed by atoms with E-state index in [1.54, 1.807) is 6.26 Å². The molecule has 1 saturated heterocycles. The summed E-state index contributed by atoms with van der Waals surface area (Å²) in [6.45, 7) is 5.85. The number of hydrogen-bond donors (Lipinski definition) is 0. The van der Waals surface area contributed by atoms with Gasteiger partial charge in [0.1, 0.15) is 5.76 Å². The van der Waals surface area contributed by atoms with Gasteiger partial charge in [0.2, 0.25) is 18.6 Å². The molecule has 0 saturated carbocycles. The third-order valence-electron chi connectivity index (χ3n) is 6.10. The van der Waals surface area contributed by atoms with E-state index in [2.05, 4.69) is 19.7 Å². The summed E-state index contributed by atoms with van der Waals surface area (Å²) in [7, 11) is 0. The maximum Gasteiger partial charge on any atom is 0.233 e. The third-order valence-corrected chi connectivity index (χ3v) is 7.05. The van der Waals surface area contributed by atoms with Crippen molar-refractivity contribution in [2.45, 2.75) is 44.4 Å². The molecule has 180 valence electrons. The predicted octanol–water partition coefficient (Wildman–Crippen LogP) is 3.78. The molecular weight excluding hydrogens is 454 g/mol. The van der Waals surface area contributed by atoms with E-state index in [9.17, 15) is 4.79 Å². The van der Waals surface area contributed by atoms with E-state index in [0.29, 0.717) is 19.6 Å². The Morgan fingerprint density at radius 3 is 2.76 bits per heavy atom. The molecule has 0 unspecified atom stereocenters. The van der Waals surface area contributed by atoms with Crippen LogP contribution in [-0.2, 0) is 17.9 Å². The number of ether oxygens (including phenoxy) is 2. The molecule has 5 rings (SSSR count). The van der Waals surface area contributed by atoms with Crippen LogP contribution in [0.15, 0.2) is 46.2 Å². The van der Waals surface area contributed by atoms with Crippen LogP contribution in [0, 0.1) is 0 Å². The van der Waals surface area contributed by atoms with Gasteiger partial charge in [-0.3, -0.25) is 9.36 Å². The van der Waals surface area contributed by atoms with Crippen LogP contribution in [0.25, 0.3) is 0 Å². The summed E-state index contributed by atoms with van der Waals surface area (Å²) in [6, 6.07) is 9.64. The van der Waals surface area contributed by atoms with Crippen molar-refractivity contribution in [3.8, 4) is 11.5 Å². The number of fused-ring (bicyclic) bond motifs is 1. The number of hydrogen-bond acceptors (Lipinski definition) is 8. The smallest absolute Gasteiger partial charge is 0.233 e. The molecule has 4 heterocycles. The summed E-state index contributed by atoms with van der Waals surface area (Å²) < 4.78 is 18.5. The number of nitrogens with zero attached hydrogens (tertiary/aromatic N) is 5. The van der Waals surface area contributed by atoms with Crippen molar-refractivity contribution < 1.29 is 18.7 Å². The molecule has 0 N–H and O–H groups in total. The van der Waals surface area contributed by atoms with Crippen LogP contribution in [0.3, 0.4) is 0 Å². The second-order valence-corrected chi connectivity index (χ2v) is 9.32. The van der Waals surface area contributed by atoms with E-state index in [1.165, 1.54) is 18.2 Å². The van der Waals surface area contributed by atoms with Crippen molar-refractivity contribution in [3.63, 3.8) is 0 Å². The van der Waals surface area contributed by atoms with E-state index < -0.39 is 0 Å². The molecule has 0 atom stereocenters. The van der Waals surface area contributed by atoms with Crippen molar-refractivity contribution in [3.05, 3.63) is 47.9 Å². The highest BCUT2D eigenvalue weighted by Gasteiger charge is 2.23. The van der Waals surface area contributed by atoms with Crippen molar-refractivity contribution in [2.75, 3.05) is 37.1 Å². The number of piperidine rings is 1. The largest absolute Gasteiger partial charge is 0.467 e. The monoisotopic (exact) mass is 483 g/mol. The minimum atomic E-state index is 0.0530. The normalized spacial score (nSPS) is 15.0. The summed E-state index contributed by atoms with van der Waals surface area (Å²) in [5, 5.41) is 9.66. The molecule has 1 amide bonds. The molecule has 10 heteroatoms. The van der Waals surface area contributed by atoms with Gasteiger partial charge in [-0.1, -0.05) is 17.8 Å². The third kappa shape index (κ3) is 5.01. The Labute approximate surface area is 203 Å². The van der Waals surface area contributed by atoms with E-state index in [0.717, 1.165) is 59.9 Å². The zero-order valence-electron chi connectivity index (χ0n) is 19.3. The van der Waals surface area contributed by atoms with Gasteiger partial charge in [-0.15, -0.1) is 10.2 Å². The molecule has 0 bridgehead atoms. The maximum absolute atomic E-state index is 13.1. The highest BCUT2D eigenvalue weighted by atomic mass is 32.2. The Balaban J connectivity index is 1.27. The van der Waals surface area contributed by atoms with Crippen LogP contribution in [0.5, 0.6) is 11.5 Å². The van der Waals surface area contributed by atoms with Gasteiger partial charge in [0.05, 0.1) is 18.6 Å². The van der Waals surface area contributed by atoms with Gasteiger partial charge in [-0.25, -0.2) is 0 Å². The molecule has 0 spiro atoms. The number of carbonyl (C=O) groups is 1. The molecule has 34 heavy (non-hydrogen) atoms. The fourth-order valence-corrected chi connectivity index (χ4v) is 5.10. The Morgan fingerprint density at radius 2 is 1.97 bits per heavy atom. The number of aromatic nitrogens is 3. The first kappa shape index (κ1) is 22.6. The SMILES string of the molecule is CCN(Cc1ccc2c(c1)OCO2)C(=O)CSc1nnc(N2CCCCC2)n1Cc1ccco1. The van der Waals surface area contributed by atoms with Crippen LogP contribution in [0.1, 0.15) is 37.5 Å². The van der Waals surface area contributed by atoms with Crippen LogP contribution in [0.4, 0.5) is 5.95 Å². The first-order valence-corrected chi connectivity index (χ1v) is 12.7. The van der Waals surface area contributed by atoms with Crippen LogP contribution >= 0.6 is 11.8 Å². The summed E-state index contributed by atoms with van der Waals surface area (Å²) >= 11 is 1.42. The minimum Gasteiger partial charge on any atom is -0.467 e. The lowest BCUT2D eigenvalue weighted by molar-refractivity contribution is -0.128. The average molecular weight is 484 g/mol. The average Bonchev–Trinajstić information content (AvgIpc) is 3.63. The number of thioether (sulfide) groups is 1. The van der Waals surface area contributed by atoms with Gasteiger partial charge >= 0.3 is 0 Å². The van der Waals surface area contributed by atoms with Gasteiger partial charge in [0.25, 0.3) is 0 Å². The number of carbonyl (C=O) groups excluding carboxylic acids is 1. The molecule has 0 aliphatic carbocycles. The molecule has 2 aromatic heterocycles. The molecule has 1 fully saturated rings. The van der Waals surface area contributed by atoms with Gasteiger partial charge < -0.3 is 23.7 Å². The number of furan rings is 1. The summed E-state index contributed by atoms with van der Waals surface area (Å²) in [6.07, 6.45) is 5.22. The predicted molar refractivity (Wildman–Crippen MR) is 128 cm³/mol. The Morgan fingerprint density at radius 1 is 1.12 bits per heavy atom. The van der Waals surface area contributed by atoms with E-state index in [4.69, 9.17) is 13.9 Å². The molecular formula is C24H29N5O4S. The summed E-state index contributed by atoms with van der Waals surface area (Å²) in [5.74, 6) is 3.50. The van der Waals surface area contributed by atoms with Crippen molar-refractivity contribution in [2.24, 2.45) is 0 Å². The lowest BCUT2D eigenvalue weighted by atomic mass is 10.1. The summed E-state index contributed by atoms with van der Waals surface area (Å²) in [4.78, 5) is 17.2. The standard InChI is InChI=1S/C24H29N5O4S/c1-2-27(14-18-8-9-20-21(13-18)33-17-32-20)22(30)16-34-24-26-25-23(28-10-4-3-5-11-28)29(24)15-19-7-6-12-31-19/h6-9,12-13H,2-5,10-11,14-17H2,1H3. The number of anilines is 1. The topological polar surface area (TPSA) is 85.9 Å². The number of benzene rings is 1. The van der Waals surface area contributed by atoms with Crippen LogP contribution < -0.4 is 14.4 Å². The lowest BCUT2D eigenvalue weighted by Crippen LogP contribution is -2.32. The van der Waals surface area contributed by atoms with Gasteiger partial charge in [-0.2, -0.15) is 0 Å². The highest BCUT2D eigenvalue weighted by molar-refractivity contribution is 7.99.